The second kappa shape index (κ2) is 5.82. The van der Waals surface area contributed by atoms with Crippen LogP contribution >= 0.6 is 0 Å². The van der Waals surface area contributed by atoms with Gasteiger partial charge in [-0.15, -0.1) is 0 Å². The van der Waals surface area contributed by atoms with Gasteiger partial charge in [0, 0.05) is 13.1 Å². The van der Waals surface area contributed by atoms with Gasteiger partial charge in [-0.05, 0) is 11.0 Å². The molecule has 0 aromatic heterocycles. The van der Waals surface area contributed by atoms with Crippen molar-refractivity contribution in [1.29, 1.82) is 0 Å². The van der Waals surface area contributed by atoms with Crippen LogP contribution in [0.2, 0.25) is 0 Å². The summed E-state index contributed by atoms with van der Waals surface area (Å²) in [5, 5.41) is 12.4. The van der Waals surface area contributed by atoms with E-state index < -0.39 is 11.9 Å². The lowest BCUT2D eigenvalue weighted by Crippen LogP contribution is -2.32. The molecule has 0 aliphatic heterocycles. The average Bonchev–Trinajstić information content (AvgIpc) is 2.23. The fourth-order valence-electron chi connectivity index (χ4n) is 1.62. The zero-order chi connectivity index (χ0) is 12.9. The third kappa shape index (κ3) is 5.00. The van der Waals surface area contributed by atoms with E-state index in [1.807, 2.05) is 30.3 Å². The van der Waals surface area contributed by atoms with Crippen LogP contribution < -0.4 is 5.32 Å². The first-order chi connectivity index (χ1) is 7.90. The van der Waals surface area contributed by atoms with Crippen LogP contribution in [0.3, 0.4) is 0 Å². The lowest BCUT2D eigenvalue weighted by molar-refractivity contribution is -0.138. The van der Waals surface area contributed by atoms with E-state index in [0.717, 1.165) is 12.1 Å². The molecule has 0 saturated heterocycles. The number of carboxylic acid groups (broad SMARTS) is 1. The van der Waals surface area contributed by atoms with Crippen LogP contribution in [0.5, 0.6) is 0 Å². The molecule has 0 spiro atoms. The zero-order valence-electron chi connectivity index (χ0n) is 10.7. The van der Waals surface area contributed by atoms with Gasteiger partial charge in [-0.25, -0.2) is 0 Å². The molecule has 0 heterocycles. The van der Waals surface area contributed by atoms with E-state index in [2.05, 4.69) is 26.1 Å². The molecule has 1 rings (SSSR count). The lowest BCUT2D eigenvalue weighted by atomic mass is 9.95. The van der Waals surface area contributed by atoms with Crippen LogP contribution in [0.25, 0.3) is 0 Å². The highest BCUT2D eigenvalue weighted by atomic mass is 16.4. The Balaban J connectivity index is 2.60. The molecule has 3 nitrogen and oxygen atoms in total. The van der Waals surface area contributed by atoms with Gasteiger partial charge in [0.05, 0.1) is 5.92 Å². The number of nitrogens with one attached hydrogen (secondary N) is 1. The second-order valence-corrected chi connectivity index (χ2v) is 5.49. The zero-order valence-corrected chi connectivity index (χ0v) is 10.7. The Morgan fingerprint density at radius 3 is 2.35 bits per heavy atom. The molecule has 1 aromatic rings. The van der Waals surface area contributed by atoms with E-state index in [1.165, 1.54) is 0 Å². The molecule has 17 heavy (non-hydrogen) atoms. The first kappa shape index (κ1) is 13.7. The molecule has 3 heteroatoms. The van der Waals surface area contributed by atoms with E-state index in [4.69, 9.17) is 0 Å². The van der Waals surface area contributed by atoms with Crippen LogP contribution in [-0.2, 0) is 4.79 Å². The van der Waals surface area contributed by atoms with Crippen molar-refractivity contribution in [2.24, 2.45) is 5.41 Å². The summed E-state index contributed by atoms with van der Waals surface area (Å²) in [5.41, 5.74) is 1.01. The molecule has 1 aromatic carbocycles. The Bertz CT molecular complexity index is 354. The highest BCUT2D eigenvalue weighted by Gasteiger charge is 2.20. The molecule has 0 fully saturated rings. The molecule has 0 radical (unpaired) electrons. The Morgan fingerprint density at radius 2 is 1.88 bits per heavy atom. The van der Waals surface area contributed by atoms with Crippen molar-refractivity contribution in [1.82, 2.24) is 5.32 Å². The number of aliphatic carboxylic acids is 1. The van der Waals surface area contributed by atoms with Crippen molar-refractivity contribution in [2.75, 3.05) is 13.1 Å². The minimum absolute atomic E-state index is 0.166. The summed E-state index contributed by atoms with van der Waals surface area (Å²) in [5.74, 6) is -1.25. The minimum Gasteiger partial charge on any atom is -0.481 e. The van der Waals surface area contributed by atoms with Crippen molar-refractivity contribution in [3.05, 3.63) is 35.9 Å². The minimum atomic E-state index is -0.780. The van der Waals surface area contributed by atoms with Crippen molar-refractivity contribution in [3.8, 4) is 0 Å². The van der Waals surface area contributed by atoms with Gasteiger partial charge in [-0.3, -0.25) is 4.79 Å². The van der Waals surface area contributed by atoms with Crippen molar-refractivity contribution < 1.29 is 9.90 Å². The summed E-state index contributed by atoms with van der Waals surface area (Å²) in [4.78, 5) is 11.2. The molecule has 2 N–H and O–H groups in total. The predicted molar refractivity (Wildman–Crippen MR) is 69.1 cm³/mol. The molecule has 1 atom stereocenters. The van der Waals surface area contributed by atoms with Gasteiger partial charge in [-0.1, -0.05) is 51.1 Å². The normalized spacial score (nSPS) is 13.4. The number of hydrogen-bond acceptors (Lipinski definition) is 2. The Hall–Kier alpha value is -1.35. The molecule has 0 aliphatic carbocycles. The molecule has 0 amide bonds. The maximum absolute atomic E-state index is 11.2. The highest BCUT2D eigenvalue weighted by Crippen LogP contribution is 2.16. The first-order valence-corrected chi connectivity index (χ1v) is 5.88. The standard InChI is InChI=1S/C14H21NO2/c1-14(2,3)10-15-9-12(13(16)17)11-7-5-4-6-8-11/h4-8,12,15H,9-10H2,1-3H3,(H,16,17). The molecule has 0 bridgehead atoms. The molecular weight excluding hydrogens is 214 g/mol. The van der Waals surface area contributed by atoms with E-state index in [0.29, 0.717) is 6.54 Å². The molecule has 0 aliphatic rings. The molecule has 1 unspecified atom stereocenters. The summed E-state index contributed by atoms with van der Waals surface area (Å²) in [6.07, 6.45) is 0. The highest BCUT2D eigenvalue weighted by molar-refractivity contribution is 5.76. The average molecular weight is 235 g/mol. The molecular formula is C14H21NO2. The molecule has 0 saturated carbocycles. The van der Waals surface area contributed by atoms with Gasteiger partial charge in [0.2, 0.25) is 0 Å². The van der Waals surface area contributed by atoms with Gasteiger partial charge < -0.3 is 10.4 Å². The van der Waals surface area contributed by atoms with Crippen LogP contribution in [0.4, 0.5) is 0 Å². The lowest BCUT2D eigenvalue weighted by Gasteiger charge is -2.21. The van der Waals surface area contributed by atoms with E-state index in [9.17, 15) is 9.90 Å². The summed E-state index contributed by atoms with van der Waals surface area (Å²) < 4.78 is 0. The van der Waals surface area contributed by atoms with Gasteiger partial charge >= 0.3 is 5.97 Å². The monoisotopic (exact) mass is 235 g/mol. The quantitative estimate of drug-likeness (QED) is 0.824. The van der Waals surface area contributed by atoms with Gasteiger partial charge in [0.1, 0.15) is 0 Å². The van der Waals surface area contributed by atoms with E-state index in [-0.39, 0.29) is 5.41 Å². The smallest absolute Gasteiger partial charge is 0.312 e. The van der Waals surface area contributed by atoms with Crippen LogP contribution in [0.15, 0.2) is 30.3 Å². The Morgan fingerprint density at radius 1 is 1.29 bits per heavy atom. The van der Waals surface area contributed by atoms with E-state index >= 15 is 0 Å². The Kier molecular flexibility index (Phi) is 4.70. The number of carbonyl (C=O) groups is 1. The van der Waals surface area contributed by atoms with Gasteiger partial charge in [0.15, 0.2) is 0 Å². The second-order valence-electron chi connectivity index (χ2n) is 5.49. The SMILES string of the molecule is CC(C)(C)CNCC(C(=O)O)c1ccccc1. The summed E-state index contributed by atoms with van der Waals surface area (Å²) in [6.45, 7) is 7.65. The van der Waals surface area contributed by atoms with Gasteiger partial charge in [-0.2, -0.15) is 0 Å². The number of benzene rings is 1. The number of hydrogen-bond donors (Lipinski definition) is 2. The van der Waals surface area contributed by atoms with Crippen LogP contribution in [0.1, 0.15) is 32.3 Å². The van der Waals surface area contributed by atoms with Crippen molar-refractivity contribution in [3.63, 3.8) is 0 Å². The third-order valence-corrected chi connectivity index (χ3v) is 2.50. The fourth-order valence-corrected chi connectivity index (χ4v) is 1.62. The number of rotatable bonds is 5. The molecule has 94 valence electrons. The fraction of sp³-hybridized carbons (Fsp3) is 0.500. The number of carboxylic acids is 1. The predicted octanol–water partition coefficient (Wildman–Crippen LogP) is 2.49. The largest absolute Gasteiger partial charge is 0.481 e. The van der Waals surface area contributed by atoms with Crippen LogP contribution in [-0.4, -0.2) is 24.2 Å². The first-order valence-electron chi connectivity index (χ1n) is 5.88. The summed E-state index contributed by atoms with van der Waals surface area (Å²) >= 11 is 0. The van der Waals surface area contributed by atoms with Gasteiger partial charge in [0.25, 0.3) is 0 Å². The maximum Gasteiger partial charge on any atom is 0.312 e. The Labute approximate surface area is 103 Å². The summed E-state index contributed by atoms with van der Waals surface area (Å²) in [6, 6.07) is 9.35. The summed E-state index contributed by atoms with van der Waals surface area (Å²) in [7, 11) is 0. The van der Waals surface area contributed by atoms with Crippen molar-refractivity contribution >= 4 is 5.97 Å². The third-order valence-electron chi connectivity index (χ3n) is 2.50. The van der Waals surface area contributed by atoms with Crippen molar-refractivity contribution in [2.45, 2.75) is 26.7 Å². The topological polar surface area (TPSA) is 49.3 Å². The van der Waals surface area contributed by atoms with Crippen LogP contribution in [0, 0.1) is 5.41 Å². The maximum atomic E-state index is 11.2. The van der Waals surface area contributed by atoms with E-state index in [1.54, 1.807) is 0 Å².